The van der Waals surface area contributed by atoms with E-state index in [0.717, 1.165) is 47.4 Å². The van der Waals surface area contributed by atoms with Crippen LogP contribution in [0.2, 0.25) is 5.15 Å². The number of nitrogens with one attached hydrogen (secondary N) is 2. The first-order valence-electron chi connectivity index (χ1n) is 10.6. The number of piperazine rings is 1. The molecule has 5 rings (SSSR count). The summed E-state index contributed by atoms with van der Waals surface area (Å²) >= 11 is 6.41. The average molecular weight is 450 g/mol. The first-order valence-corrected chi connectivity index (χ1v) is 11.0. The fraction of sp³-hybridized carbons (Fsp3) is 0.304. The lowest BCUT2D eigenvalue weighted by Crippen LogP contribution is -2.53. The number of ether oxygens (including phenoxy) is 1. The standard InChI is InChI=1S/C23H24ClN7O/c1-15-19-11-17(7-8-20(19)28-27-15)22-26-23(21(24)29-30-22)31-10-9-25-18(12-31)14-32-13-16-5-3-2-4-6-16/h2-8,11,18,25H,9-10,12-14H2,1H3,(H,27,28). The van der Waals surface area contributed by atoms with E-state index in [1.807, 2.05) is 43.3 Å². The highest BCUT2D eigenvalue weighted by molar-refractivity contribution is 6.31. The van der Waals surface area contributed by atoms with E-state index in [0.29, 0.717) is 30.0 Å². The predicted molar refractivity (Wildman–Crippen MR) is 125 cm³/mol. The normalized spacial score (nSPS) is 16.6. The van der Waals surface area contributed by atoms with Gasteiger partial charge >= 0.3 is 0 Å². The van der Waals surface area contributed by atoms with Gasteiger partial charge in [0.25, 0.3) is 0 Å². The van der Waals surface area contributed by atoms with Crippen molar-refractivity contribution in [2.75, 3.05) is 31.1 Å². The van der Waals surface area contributed by atoms with Crippen LogP contribution in [0.5, 0.6) is 0 Å². The van der Waals surface area contributed by atoms with Crippen molar-refractivity contribution in [3.63, 3.8) is 0 Å². The highest BCUT2D eigenvalue weighted by Gasteiger charge is 2.24. The second-order valence-electron chi connectivity index (χ2n) is 7.93. The molecule has 1 saturated heterocycles. The molecule has 0 saturated carbocycles. The van der Waals surface area contributed by atoms with E-state index < -0.39 is 0 Å². The first-order chi connectivity index (χ1) is 15.7. The van der Waals surface area contributed by atoms with Crippen molar-refractivity contribution in [3.8, 4) is 11.4 Å². The third kappa shape index (κ3) is 4.43. The number of aromatic amines is 1. The maximum Gasteiger partial charge on any atom is 0.194 e. The smallest absolute Gasteiger partial charge is 0.194 e. The van der Waals surface area contributed by atoms with Gasteiger partial charge in [-0.25, -0.2) is 4.98 Å². The number of nitrogens with zero attached hydrogens (tertiary/aromatic N) is 5. The summed E-state index contributed by atoms with van der Waals surface area (Å²) in [5.41, 5.74) is 3.96. The number of aromatic nitrogens is 5. The molecular formula is C23H24ClN7O. The molecule has 1 fully saturated rings. The zero-order valence-corrected chi connectivity index (χ0v) is 18.5. The Hall–Kier alpha value is -3.07. The largest absolute Gasteiger partial charge is 0.375 e. The van der Waals surface area contributed by atoms with Gasteiger partial charge in [0.05, 0.1) is 18.7 Å². The second kappa shape index (κ2) is 9.20. The van der Waals surface area contributed by atoms with E-state index in [2.05, 4.69) is 42.7 Å². The Morgan fingerprint density at radius 2 is 2.03 bits per heavy atom. The lowest BCUT2D eigenvalue weighted by molar-refractivity contribution is 0.0971. The van der Waals surface area contributed by atoms with Crippen LogP contribution in [-0.4, -0.2) is 57.7 Å². The molecule has 1 aliphatic heterocycles. The quantitative estimate of drug-likeness (QED) is 0.466. The summed E-state index contributed by atoms with van der Waals surface area (Å²) in [7, 11) is 0. The minimum absolute atomic E-state index is 0.173. The number of halogens is 1. The van der Waals surface area contributed by atoms with Crippen LogP contribution in [0.15, 0.2) is 48.5 Å². The van der Waals surface area contributed by atoms with Crippen molar-refractivity contribution in [1.82, 2.24) is 30.7 Å². The van der Waals surface area contributed by atoms with Crippen LogP contribution in [-0.2, 0) is 11.3 Å². The average Bonchev–Trinajstić information content (AvgIpc) is 3.20. The number of H-pyrrole nitrogens is 1. The van der Waals surface area contributed by atoms with Crippen molar-refractivity contribution in [2.24, 2.45) is 0 Å². The van der Waals surface area contributed by atoms with Gasteiger partial charge in [0.2, 0.25) is 0 Å². The minimum atomic E-state index is 0.173. The maximum absolute atomic E-state index is 6.41. The molecule has 2 N–H and O–H groups in total. The molecule has 164 valence electrons. The van der Waals surface area contributed by atoms with Gasteiger partial charge in [-0.1, -0.05) is 41.9 Å². The van der Waals surface area contributed by atoms with Gasteiger partial charge in [0, 0.05) is 42.3 Å². The third-order valence-electron chi connectivity index (χ3n) is 5.62. The zero-order chi connectivity index (χ0) is 21.9. The lowest BCUT2D eigenvalue weighted by Gasteiger charge is -2.34. The summed E-state index contributed by atoms with van der Waals surface area (Å²) in [5.74, 6) is 1.19. The van der Waals surface area contributed by atoms with E-state index >= 15 is 0 Å². The molecule has 0 amide bonds. The third-order valence-corrected chi connectivity index (χ3v) is 5.86. The Bertz CT molecular complexity index is 1210. The fourth-order valence-corrected chi connectivity index (χ4v) is 4.13. The molecular weight excluding hydrogens is 426 g/mol. The lowest BCUT2D eigenvalue weighted by atomic mass is 10.1. The molecule has 1 atom stereocenters. The molecule has 0 radical (unpaired) electrons. The van der Waals surface area contributed by atoms with Crippen molar-refractivity contribution in [2.45, 2.75) is 19.6 Å². The van der Waals surface area contributed by atoms with Crippen LogP contribution in [0, 0.1) is 6.92 Å². The molecule has 32 heavy (non-hydrogen) atoms. The molecule has 3 heterocycles. The molecule has 4 aromatic rings. The van der Waals surface area contributed by atoms with Gasteiger partial charge in [0.1, 0.15) is 0 Å². The Balaban J connectivity index is 1.30. The van der Waals surface area contributed by atoms with Gasteiger partial charge in [-0.3, -0.25) is 5.10 Å². The van der Waals surface area contributed by atoms with E-state index in [9.17, 15) is 0 Å². The first kappa shape index (κ1) is 20.8. The SMILES string of the molecule is Cc1[nH]nc2ccc(-c3nnc(Cl)c(N4CCNC(COCc5ccccc5)C4)n3)cc12. The van der Waals surface area contributed by atoms with E-state index in [4.69, 9.17) is 21.3 Å². The summed E-state index contributed by atoms with van der Waals surface area (Å²) in [6.45, 7) is 5.51. The topological polar surface area (TPSA) is 91.9 Å². The highest BCUT2D eigenvalue weighted by Crippen LogP contribution is 2.27. The monoisotopic (exact) mass is 449 g/mol. The Morgan fingerprint density at radius 3 is 2.91 bits per heavy atom. The maximum atomic E-state index is 6.41. The number of fused-ring (bicyclic) bond motifs is 1. The van der Waals surface area contributed by atoms with Gasteiger partial charge in [-0.15, -0.1) is 10.2 Å². The number of hydrogen-bond donors (Lipinski definition) is 2. The van der Waals surface area contributed by atoms with Gasteiger partial charge in [-0.2, -0.15) is 5.10 Å². The predicted octanol–water partition coefficient (Wildman–Crippen LogP) is 3.37. The minimum Gasteiger partial charge on any atom is -0.375 e. The van der Waals surface area contributed by atoms with E-state index in [-0.39, 0.29) is 6.04 Å². The summed E-state index contributed by atoms with van der Waals surface area (Å²) in [6.07, 6.45) is 0. The zero-order valence-electron chi connectivity index (χ0n) is 17.8. The van der Waals surface area contributed by atoms with Crippen LogP contribution in [0.4, 0.5) is 5.82 Å². The molecule has 9 heteroatoms. The molecule has 0 spiro atoms. The van der Waals surface area contributed by atoms with Crippen LogP contribution >= 0.6 is 11.6 Å². The van der Waals surface area contributed by atoms with Crippen LogP contribution in [0.1, 0.15) is 11.3 Å². The number of benzene rings is 2. The van der Waals surface area contributed by atoms with E-state index in [1.54, 1.807) is 0 Å². The Labute approximate surface area is 191 Å². The van der Waals surface area contributed by atoms with Gasteiger partial charge < -0.3 is 15.0 Å². The summed E-state index contributed by atoms with van der Waals surface area (Å²) < 4.78 is 5.93. The van der Waals surface area contributed by atoms with Gasteiger partial charge in [0.15, 0.2) is 16.8 Å². The Kier molecular flexibility index (Phi) is 5.98. The van der Waals surface area contributed by atoms with Crippen molar-refractivity contribution in [1.29, 1.82) is 0 Å². The van der Waals surface area contributed by atoms with Crippen LogP contribution in [0.25, 0.3) is 22.3 Å². The Morgan fingerprint density at radius 1 is 1.16 bits per heavy atom. The number of anilines is 1. The number of hydrogen-bond acceptors (Lipinski definition) is 7. The van der Waals surface area contributed by atoms with Crippen molar-refractivity contribution in [3.05, 3.63) is 64.9 Å². The summed E-state index contributed by atoms with van der Waals surface area (Å²) in [5, 5.41) is 20.6. The molecule has 8 nitrogen and oxygen atoms in total. The number of rotatable bonds is 6. The second-order valence-corrected chi connectivity index (χ2v) is 8.29. The van der Waals surface area contributed by atoms with Crippen molar-refractivity contribution >= 4 is 28.3 Å². The molecule has 2 aromatic heterocycles. The van der Waals surface area contributed by atoms with Crippen molar-refractivity contribution < 1.29 is 4.74 Å². The summed E-state index contributed by atoms with van der Waals surface area (Å²) in [6, 6.07) is 16.3. The molecule has 2 aromatic carbocycles. The van der Waals surface area contributed by atoms with E-state index in [1.165, 1.54) is 0 Å². The van der Waals surface area contributed by atoms with Gasteiger partial charge in [-0.05, 0) is 30.7 Å². The molecule has 1 unspecified atom stereocenters. The molecule has 1 aliphatic rings. The van der Waals surface area contributed by atoms with Crippen LogP contribution < -0.4 is 10.2 Å². The molecule has 0 bridgehead atoms. The molecule has 0 aliphatic carbocycles. The summed E-state index contributed by atoms with van der Waals surface area (Å²) in [4.78, 5) is 6.92. The fourth-order valence-electron chi connectivity index (χ4n) is 3.93. The number of aryl methyl sites for hydroxylation is 1. The highest BCUT2D eigenvalue weighted by atomic mass is 35.5. The van der Waals surface area contributed by atoms with Crippen LogP contribution in [0.3, 0.4) is 0 Å².